The second-order valence-electron chi connectivity index (χ2n) is 4.33. The van der Waals surface area contributed by atoms with Crippen molar-refractivity contribution in [3.05, 3.63) is 48.6 Å². The number of hydrogen-bond acceptors (Lipinski definition) is 2. The second kappa shape index (κ2) is 8.12. The van der Waals surface area contributed by atoms with Crippen molar-refractivity contribution in [2.45, 2.75) is 25.7 Å². The first-order chi connectivity index (χ1) is 9.73. The molecule has 0 fully saturated rings. The Morgan fingerprint density at radius 1 is 1.20 bits per heavy atom. The van der Waals surface area contributed by atoms with E-state index in [0.29, 0.717) is 0 Å². The zero-order valence-electron chi connectivity index (χ0n) is 12.5. The molecule has 20 heavy (non-hydrogen) atoms. The van der Waals surface area contributed by atoms with E-state index in [0.717, 1.165) is 35.5 Å². The molecule has 0 radical (unpaired) electrons. The molecule has 0 amide bonds. The van der Waals surface area contributed by atoms with Gasteiger partial charge in [-0.1, -0.05) is 24.1 Å². The highest BCUT2D eigenvalue weighted by Crippen LogP contribution is 2.37. The van der Waals surface area contributed by atoms with Gasteiger partial charge >= 0.3 is 0 Å². The molecule has 1 rings (SSSR count). The van der Waals surface area contributed by atoms with Crippen molar-refractivity contribution in [1.82, 2.24) is 0 Å². The van der Waals surface area contributed by atoms with Crippen molar-refractivity contribution in [3.8, 4) is 23.3 Å². The van der Waals surface area contributed by atoms with Gasteiger partial charge in [0.25, 0.3) is 0 Å². The van der Waals surface area contributed by atoms with E-state index in [1.165, 1.54) is 0 Å². The summed E-state index contributed by atoms with van der Waals surface area (Å²) < 4.78 is 10.9. The number of rotatable bonds is 7. The maximum atomic E-state index is 5.52. The van der Waals surface area contributed by atoms with Crippen LogP contribution < -0.4 is 9.47 Å². The molecular weight excluding hydrogens is 248 g/mol. The minimum absolute atomic E-state index is 0.118. The van der Waals surface area contributed by atoms with Crippen molar-refractivity contribution in [2.75, 3.05) is 14.2 Å². The van der Waals surface area contributed by atoms with Gasteiger partial charge in [0, 0.05) is 11.5 Å². The quantitative estimate of drug-likeness (QED) is 0.548. The first kappa shape index (κ1) is 15.9. The molecule has 1 unspecified atom stereocenters. The lowest BCUT2D eigenvalue weighted by atomic mass is 9.89. The van der Waals surface area contributed by atoms with Gasteiger partial charge in [-0.25, -0.2) is 0 Å². The highest BCUT2D eigenvalue weighted by Gasteiger charge is 2.18. The van der Waals surface area contributed by atoms with Gasteiger partial charge in [0.2, 0.25) is 0 Å². The number of methoxy groups -OCH3 is 2. The van der Waals surface area contributed by atoms with Crippen LogP contribution in [0.4, 0.5) is 0 Å². The van der Waals surface area contributed by atoms with Gasteiger partial charge in [-0.15, -0.1) is 19.1 Å². The summed E-state index contributed by atoms with van der Waals surface area (Å²) in [7, 11) is 3.30. The van der Waals surface area contributed by atoms with Crippen LogP contribution in [-0.4, -0.2) is 14.2 Å². The summed E-state index contributed by atoms with van der Waals surface area (Å²) in [6.07, 6.45) is 5.28. The highest BCUT2D eigenvalue weighted by molar-refractivity contribution is 5.54. The summed E-state index contributed by atoms with van der Waals surface area (Å²) in [6, 6.07) is 3.98. The van der Waals surface area contributed by atoms with Crippen LogP contribution in [0.3, 0.4) is 0 Å². The van der Waals surface area contributed by atoms with E-state index in [-0.39, 0.29) is 5.92 Å². The maximum absolute atomic E-state index is 5.52. The van der Waals surface area contributed by atoms with Gasteiger partial charge < -0.3 is 9.47 Å². The van der Waals surface area contributed by atoms with E-state index in [2.05, 4.69) is 31.1 Å². The van der Waals surface area contributed by atoms with Crippen LogP contribution in [0.25, 0.3) is 0 Å². The van der Waals surface area contributed by atoms with Crippen LogP contribution in [0.15, 0.2) is 37.4 Å². The molecule has 0 spiro atoms. The molecule has 106 valence electrons. The molecule has 0 bridgehead atoms. The van der Waals surface area contributed by atoms with Gasteiger partial charge in [-0.3, -0.25) is 0 Å². The van der Waals surface area contributed by atoms with E-state index in [1.54, 1.807) is 14.2 Å². The summed E-state index contributed by atoms with van der Waals surface area (Å²) in [6.45, 7) is 9.49. The third-order valence-electron chi connectivity index (χ3n) is 3.13. The molecule has 0 aliphatic rings. The number of benzene rings is 1. The fourth-order valence-electron chi connectivity index (χ4n) is 2.29. The minimum Gasteiger partial charge on any atom is -0.493 e. The summed E-state index contributed by atoms with van der Waals surface area (Å²) in [5, 5.41) is 0. The zero-order chi connectivity index (χ0) is 15.0. The Labute approximate surface area is 122 Å². The number of allylic oxidation sites excluding steroid dienone is 2. The normalized spacial score (nSPS) is 10.9. The van der Waals surface area contributed by atoms with Crippen molar-refractivity contribution < 1.29 is 9.47 Å². The van der Waals surface area contributed by atoms with Crippen LogP contribution in [0.2, 0.25) is 0 Å². The molecule has 0 aliphatic carbocycles. The molecular formula is C18H22O2. The predicted molar refractivity (Wildman–Crippen MR) is 84.5 cm³/mol. The smallest absolute Gasteiger partial charge is 0.164 e. The maximum Gasteiger partial charge on any atom is 0.164 e. The molecule has 2 heteroatoms. The molecule has 0 aromatic heterocycles. The summed E-state index contributed by atoms with van der Waals surface area (Å²) in [5.41, 5.74) is 2.23. The third-order valence-corrected chi connectivity index (χ3v) is 3.13. The molecule has 2 nitrogen and oxygen atoms in total. The van der Waals surface area contributed by atoms with Gasteiger partial charge in [-0.2, -0.15) is 0 Å². The Morgan fingerprint density at radius 2 is 1.95 bits per heavy atom. The lowest BCUT2D eigenvalue weighted by molar-refractivity contribution is 0.351. The standard InChI is InChI=1S/C18H22O2/c1-6-9-14(10-7-2)15-12-13-17(19-4)18(20-5)16(15)11-8-3/h6,8,12-14H,1,3,9,11H2,2,4-5H3. The van der Waals surface area contributed by atoms with Gasteiger partial charge in [0.1, 0.15) is 0 Å². The van der Waals surface area contributed by atoms with Crippen molar-refractivity contribution in [3.63, 3.8) is 0 Å². The van der Waals surface area contributed by atoms with Crippen molar-refractivity contribution >= 4 is 0 Å². The molecule has 1 aromatic rings. The molecule has 0 saturated carbocycles. The van der Waals surface area contributed by atoms with Crippen molar-refractivity contribution in [1.29, 1.82) is 0 Å². The van der Waals surface area contributed by atoms with E-state index >= 15 is 0 Å². The van der Waals surface area contributed by atoms with Crippen LogP contribution in [0.5, 0.6) is 11.5 Å². The zero-order valence-corrected chi connectivity index (χ0v) is 12.5. The van der Waals surface area contributed by atoms with E-state index in [9.17, 15) is 0 Å². The summed E-state index contributed by atoms with van der Waals surface area (Å²) in [5.74, 6) is 7.84. The van der Waals surface area contributed by atoms with Crippen LogP contribution >= 0.6 is 0 Å². The fraction of sp³-hybridized carbons (Fsp3) is 0.333. The van der Waals surface area contributed by atoms with Crippen LogP contribution in [-0.2, 0) is 6.42 Å². The topological polar surface area (TPSA) is 18.5 Å². The molecule has 0 aliphatic heterocycles. The second-order valence-corrected chi connectivity index (χ2v) is 4.33. The predicted octanol–water partition coefficient (Wildman–Crippen LogP) is 4.12. The largest absolute Gasteiger partial charge is 0.493 e. The first-order valence-electron chi connectivity index (χ1n) is 6.61. The van der Waals surface area contributed by atoms with Crippen molar-refractivity contribution in [2.24, 2.45) is 0 Å². The number of hydrogen-bond donors (Lipinski definition) is 0. The first-order valence-corrected chi connectivity index (χ1v) is 6.61. The monoisotopic (exact) mass is 270 g/mol. The van der Waals surface area contributed by atoms with E-state index in [4.69, 9.17) is 9.47 Å². The molecule has 0 N–H and O–H groups in total. The van der Waals surface area contributed by atoms with Gasteiger partial charge in [-0.05, 0) is 31.4 Å². The number of ether oxygens (including phenoxy) is 2. The molecule has 0 heterocycles. The Kier molecular flexibility index (Phi) is 6.46. The Hall–Kier alpha value is -2.14. The van der Waals surface area contributed by atoms with E-state index in [1.807, 2.05) is 25.1 Å². The lowest BCUT2D eigenvalue weighted by Gasteiger charge is -2.19. The van der Waals surface area contributed by atoms with Gasteiger partial charge in [0.15, 0.2) is 11.5 Å². The van der Waals surface area contributed by atoms with Crippen LogP contribution in [0.1, 0.15) is 30.4 Å². The van der Waals surface area contributed by atoms with Gasteiger partial charge in [0.05, 0.1) is 14.2 Å². The molecule has 0 saturated heterocycles. The summed E-state index contributed by atoms with van der Waals surface area (Å²) in [4.78, 5) is 0. The van der Waals surface area contributed by atoms with E-state index < -0.39 is 0 Å². The lowest BCUT2D eigenvalue weighted by Crippen LogP contribution is -2.04. The SMILES string of the molecule is C=CCc1c(C(C#CC)CC=C)ccc(OC)c1OC. The summed E-state index contributed by atoms with van der Waals surface area (Å²) >= 11 is 0. The minimum atomic E-state index is 0.118. The average Bonchev–Trinajstić information content (AvgIpc) is 2.47. The molecule has 1 aromatic carbocycles. The average molecular weight is 270 g/mol. The third kappa shape index (κ3) is 3.45. The fourth-order valence-corrected chi connectivity index (χ4v) is 2.29. The Balaban J connectivity index is 3.45. The Morgan fingerprint density at radius 3 is 2.45 bits per heavy atom. The molecule has 1 atom stereocenters. The highest BCUT2D eigenvalue weighted by atomic mass is 16.5. The van der Waals surface area contributed by atoms with Crippen LogP contribution in [0, 0.1) is 11.8 Å². The Bertz CT molecular complexity index is 532.